The second-order valence-electron chi connectivity index (χ2n) is 7.70. The van der Waals surface area contributed by atoms with Crippen molar-refractivity contribution >= 4 is 23.2 Å². The Morgan fingerprint density at radius 2 is 1.26 bits per heavy atom. The summed E-state index contributed by atoms with van der Waals surface area (Å²) in [6.07, 6.45) is 0. The number of amides is 2. The van der Waals surface area contributed by atoms with Gasteiger partial charge in [-0.3, -0.25) is 9.59 Å². The normalized spacial score (nSPS) is 10.5. The van der Waals surface area contributed by atoms with Gasteiger partial charge >= 0.3 is 0 Å². The van der Waals surface area contributed by atoms with Gasteiger partial charge in [0.1, 0.15) is 5.75 Å². The summed E-state index contributed by atoms with van der Waals surface area (Å²) in [5.41, 5.74) is 3.23. The van der Waals surface area contributed by atoms with Crippen molar-refractivity contribution in [3.8, 4) is 5.75 Å². The van der Waals surface area contributed by atoms with Crippen LogP contribution in [0.15, 0.2) is 109 Å². The van der Waals surface area contributed by atoms with Crippen LogP contribution in [0.2, 0.25) is 0 Å². The molecule has 0 heterocycles. The molecule has 4 aromatic rings. The van der Waals surface area contributed by atoms with Crippen LogP contribution in [0.1, 0.15) is 34.3 Å². The highest BCUT2D eigenvalue weighted by molar-refractivity contribution is 6.11. The molecule has 170 valence electrons. The second kappa shape index (κ2) is 11.0. The van der Waals surface area contributed by atoms with Gasteiger partial charge in [0.25, 0.3) is 5.91 Å². The van der Waals surface area contributed by atoms with Crippen LogP contribution in [0.3, 0.4) is 0 Å². The predicted octanol–water partition coefficient (Wildman–Crippen LogP) is 6.11. The minimum atomic E-state index is -0.510. The molecule has 4 aromatic carbocycles. The minimum absolute atomic E-state index is 0.210. The Bertz CT molecular complexity index is 1200. The van der Waals surface area contributed by atoms with Gasteiger partial charge < -0.3 is 15.4 Å². The van der Waals surface area contributed by atoms with Crippen molar-refractivity contribution in [2.24, 2.45) is 0 Å². The lowest BCUT2D eigenvalue weighted by Crippen LogP contribution is -2.24. The van der Waals surface area contributed by atoms with E-state index in [1.807, 2.05) is 67.6 Å². The van der Waals surface area contributed by atoms with Gasteiger partial charge in [-0.2, -0.15) is 0 Å². The first-order chi connectivity index (χ1) is 16.7. The maximum atomic E-state index is 13.5. The molecule has 34 heavy (non-hydrogen) atoms. The molecular formula is C29H26N2O3. The van der Waals surface area contributed by atoms with Crippen molar-refractivity contribution in [2.45, 2.75) is 12.8 Å². The molecule has 4 rings (SSSR count). The number of anilines is 2. The first-order valence-electron chi connectivity index (χ1n) is 11.2. The molecule has 0 bridgehead atoms. The monoisotopic (exact) mass is 450 g/mol. The summed E-state index contributed by atoms with van der Waals surface area (Å²) < 4.78 is 5.45. The summed E-state index contributed by atoms with van der Waals surface area (Å²) in [4.78, 5) is 26.5. The van der Waals surface area contributed by atoms with Gasteiger partial charge in [0.15, 0.2) is 0 Å². The van der Waals surface area contributed by atoms with Crippen molar-refractivity contribution in [3.63, 3.8) is 0 Å². The number of para-hydroxylation sites is 1. The van der Waals surface area contributed by atoms with E-state index >= 15 is 0 Å². The molecule has 5 heteroatoms. The van der Waals surface area contributed by atoms with Gasteiger partial charge in [0.2, 0.25) is 5.91 Å². The first-order valence-corrected chi connectivity index (χ1v) is 11.2. The summed E-state index contributed by atoms with van der Waals surface area (Å²) in [7, 11) is 0. The van der Waals surface area contributed by atoms with Crippen LogP contribution >= 0.6 is 0 Å². The molecule has 0 aliphatic carbocycles. The SMILES string of the molecule is CCOc1ccc(NC(=O)c2ccccc2NC(=O)C(c2ccccc2)c2ccccc2)cc1. The van der Waals surface area contributed by atoms with Gasteiger partial charge in [-0.15, -0.1) is 0 Å². The Hall–Kier alpha value is -4.38. The summed E-state index contributed by atoms with van der Waals surface area (Å²) in [5.74, 6) is -0.291. The van der Waals surface area contributed by atoms with E-state index in [0.717, 1.165) is 16.9 Å². The first kappa shape index (κ1) is 22.8. The zero-order valence-electron chi connectivity index (χ0n) is 18.9. The van der Waals surface area contributed by atoms with E-state index < -0.39 is 5.92 Å². The second-order valence-corrected chi connectivity index (χ2v) is 7.70. The van der Waals surface area contributed by atoms with Crippen LogP contribution in [0, 0.1) is 0 Å². The third kappa shape index (κ3) is 5.51. The third-order valence-electron chi connectivity index (χ3n) is 5.38. The van der Waals surface area contributed by atoms with E-state index in [1.165, 1.54) is 0 Å². The zero-order chi connectivity index (χ0) is 23.8. The largest absolute Gasteiger partial charge is 0.494 e. The highest BCUT2D eigenvalue weighted by Gasteiger charge is 2.24. The summed E-state index contributed by atoms with van der Waals surface area (Å²) in [5, 5.41) is 5.87. The quantitative estimate of drug-likeness (QED) is 0.340. The number of carbonyl (C=O) groups is 2. The average molecular weight is 451 g/mol. The smallest absolute Gasteiger partial charge is 0.257 e. The van der Waals surface area contributed by atoms with Gasteiger partial charge in [0, 0.05) is 5.69 Å². The number of hydrogen-bond donors (Lipinski definition) is 2. The maximum absolute atomic E-state index is 13.5. The van der Waals surface area contributed by atoms with Crippen LogP contribution in [0.4, 0.5) is 11.4 Å². The molecule has 0 spiro atoms. The van der Waals surface area contributed by atoms with Crippen LogP contribution in [-0.2, 0) is 4.79 Å². The lowest BCUT2D eigenvalue weighted by Gasteiger charge is -2.19. The molecule has 0 aliphatic heterocycles. The predicted molar refractivity (Wildman–Crippen MR) is 135 cm³/mol. The molecule has 5 nitrogen and oxygen atoms in total. The highest BCUT2D eigenvalue weighted by Crippen LogP contribution is 2.27. The lowest BCUT2D eigenvalue weighted by atomic mass is 9.90. The fraction of sp³-hybridized carbons (Fsp3) is 0.103. The molecule has 0 unspecified atom stereocenters. The van der Waals surface area contributed by atoms with Gasteiger partial charge in [-0.1, -0.05) is 72.8 Å². The summed E-state index contributed by atoms with van der Waals surface area (Å²) in [6, 6.07) is 33.4. The van der Waals surface area contributed by atoms with E-state index in [1.54, 1.807) is 48.5 Å². The van der Waals surface area contributed by atoms with Gasteiger partial charge in [0.05, 0.1) is 23.8 Å². The molecule has 0 fully saturated rings. The van der Waals surface area contributed by atoms with Crippen LogP contribution < -0.4 is 15.4 Å². The molecule has 2 N–H and O–H groups in total. The van der Waals surface area contributed by atoms with Crippen molar-refractivity contribution in [3.05, 3.63) is 126 Å². The fourth-order valence-corrected chi connectivity index (χ4v) is 3.78. The topological polar surface area (TPSA) is 67.4 Å². The van der Waals surface area contributed by atoms with E-state index in [2.05, 4.69) is 10.6 Å². The van der Waals surface area contributed by atoms with Crippen LogP contribution in [0.5, 0.6) is 5.75 Å². The molecule has 0 saturated carbocycles. The number of nitrogens with one attached hydrogen (secondary N) is 2. The van der Waals surface area contributed by atoms with Crippen molar-refractivity contribution in [1.29, 1.82) is 0 Å². The van der Waals surface area contributed by atoms with E-state index in [9.17, 15) is 9.59 Å². The van der Waals surface area contributed by atoms with E-state index in [0.29, 0.717) is 23.5 Å². The number of ether oxygens (including phenoxy) is 1. The molecule has 0 atom stereocenters. The molecule has 0 aromatic heterocycles. The molecule has 0 saturated heterocycles. The van der Waals surface area contributed by atoms with Crippen LogP contribution in [0.25, 0.3) is 0 Å². The van der Waals surface area contributed by atoms with Crippen molar-refractivity contribution in [1.82, 2.24) is 0 Å². The summed E-state index contributed by atoms with van der Waals surface area (Å²) >= 11 is 0. The molecule has 0 radical (unpaired) electrons. The van der Waals surface area contributed by atoms with Gasteiger partial charge in [-0.25, -0.2) is 0 Å². The highest BCUT2D eigenvalue weighted by atomic mass is 16.5. The standard InChI is InChI=1S/C29H26N2O3/c1-2-34-24-19-17-23(18-20-24)30-28(32)25-15-9-10-16-26(25)31-29(33)27(21-11-5-3-6-12-21)22-13-7-4-8-14-22/h3-20,27H,2H2,1H3,(H,30,32)(H,31,33). The number of benzene rings is 4. The Morgan fingerprint density at radius 1 is 0.706 bits per heavy atom. The molecule has 0 aliphatic rings. The summed E-state index contributed by atoms with van der Waals surface area (Å²) in [6.45, 7) is 2.49. The zero-order valence-corrected chi connectivity index (χ0v) is 18.9. The van der Waals surface area contributed by atoms with Gasteiger partial charge in [-0.05, 0) is 54.4 Å². The van der Waals surface area contributed by atoms with Crippen LogP contribution in [-0.4, -0.2) is 18.4 Å². The lowest BCUT2D eigenvalue weighted by molar-refractivity contribution is -0.116. The fourth-order valence-electron chi connectivity index (χ4n) is 3.78. The Kier molecular flexibility index (Phi) is 7.35. The van der Waals surface area contributed by atoms with E-state index in [-0.39, 0.29) is 11.8 Å². The number of carbonyl (C=O) groups excluding carboxylic acids is 2. The Morgan fingerprint density at radius 3 is 1.85 bits per heavy atom. The molecule has 2 amide bonds. The molecular weight excluding hydrogens is 424 g/mol. The van der Waals surface area contributed by atoms with Crippen molar-refractivity contribution in [2.75, 3.05) is 17.2 Å². The number of hydrogen-bond acceptors (Lipinski definition) is 3. The van der Waals surface area contributed by atoms with Crippen molar-refractivity contribution < 1.29 is 14.3 Å². The Labute approximate surface area is 199 Å². The third-order valence-corrected chi connectivity index (χ3v) is 5.38. The minimum Gasteiger partial charge on any atom is -0.494 e. The average Bonchev–Trinajstić information content (AvgIpc) is 2.87. The van der Waals surface area contributed by atoms with E-state index in [4.69, 9.17) is 4.74 Å². The maximum Gasteiger partial charge on any atom is 0.257 e. The number of rotatable bonds is 8. The Balaban J connectivity index is 1.57.